The van der Waals surface area contributed by atoms with Crippen molar-refractivity contribution in [2.75, 3.05) is 5.32 Å². The molecule has 1 aromatic carbocycles. The number of carbonyl (C=O) groups excluding carboxylic acids is 1. The van der Waals surface area contributed by atoms with Gasteiger partial charge in [-0.25, -0.2) is 0 Å². The number of hydrogen-bond acceptors (Lipinski definition) is 3. The Morgan fingerprint density at radius 1 is 1.18 bits per heavy atom. The number of nitrogens with one attached hydrogen (secondary N) is 1. The summed E-state index contributed by atoms with van der Waals surface area (Å²) in [6.45, 7) is 0. The molecule has 0 atom stereocenters. The Morgan fingerprint density at radius 2 is 1.88 bits per heavy atom. The van der Waals surface area contributed by atoms with Crippen LogP contribution in [0, 0.1) is 0 Å². The molecule has 90 valence electrons. The van der Waals surface area contributed by atoms with Crippen molar-refractivity contribution < 1.29 is 4.79 Å². The van der Waals surface area contributed by atoms with Gasteiger partial charge in [-0.3, -0.25) is 4.79 Å². The van der Waals surface area contributed by atoms with Gasteiger partial charge in [0.2, 0.25) is 6.41 Å². The van der Waals surface area contributed by atoms with Crippen molar-refractivity contribution in [3.05, 3.63) is 54.6 Å². The zero-order chi connectivity index (χ0) is 12.6. The van der Waals surface area contributed by atoms with E-state index in [0.29, 0.717) is 6.41 Å². The van der Waals surface area contributed by atoms with Crippen LogP contribution in [0.4, 0.5) is 5.69 Å². The van der Waals surface area contributed by atoms with E-state index in [9.17, 15) is 4.79 Å². The molecule has 5 N–H and O–H groups in total. The lowest BCUT2D eigenvalue weighted by Gasteiger charge is -2.19. The Bertz CT molecular complexity index is 396. The zero-order valence-corrected chi connectivity index (χ0v) is 9.54. The largest absolute Gasteiger partial charge is 0.329 e. The van der Waals surface area contributed by atoms with E-state index in [4.69, 9.17) is 11.5 Å². The van der Waals surface area contributed by atoms with Gasteiger partial charge in [-0.2, -0.15) is 0 Å². The van der Waals surface area contributed by atoms with Crippen molar-refractivity contribution in [2.24, 2.45) is 11.5 Å². The van der Waals surface area contributed by atoms with Crippen LogP contribution in [-0.4, -0.2) is 12.1 Å². The van der Waals surface area contributed by atoms with E-state index in [1.54, 1.807) is 6.08 Å². The Kier molecular flexibility index (Phi) is 5.13. The molecule has 0 fully saturated rings. The first-order chi connectivity index (χ1) is 8.14. The fourth-order valence-electron chi connectivity index (χ4n) is 1.26. The summed E-state index contributed by atoms with van der Waals surface area (Å²) < 4.78 is 0. The molecule has 4 heteroatoms. The molecule has 1 aliphatic rings. The minimum Gasteiger partial charge on any atom is -0.329 e. The van der Waals surface area contributed by atoms with Crippen LogP contribution in [0.1, 0.15) is 6.42 Å². The standard InChI is InChI=1S/C7H7NO.C6H10N2/c9-6-8-7-4-2-1-3-5-7;7-6(8)4-2-1-3-5-6/h1-6H,(H,8,9);1-4H,5,7-8H2. The monoisotopic (exact) mass is 231 g/mol. The molecule has 2 rings (SSSR count). The lowest BCUT2D eigenvalue weighted by Crippen LogP contribution is -2.47. The highest BCUT2D eigenvalue weighted by atomic mass is 16.1. The number of carbonyl (C=O) groups is 1. The van der Waals surface area contributed by atoms with Crippen molar-refractivity contribution in [3.63, 3.8) is 0 Å². The molecular formula is C13H17N3O. The fourth-order valence-corrected chi connectivity index (χ4v) is 1.26. The molecule has 0 saturated heterocycles. The summed E-state index contributed by atoms with van der Waals surface area (Å²) in [5.41, 5.74) is 11.3. The van der Waals surface area contributed by atoms with Gasteiger partial charge in [-0.05, 0) is 12.1 Å². The topological polar surface area (TPSA) is 81.1 Å². The van der Waals surface area contributed by atoms with Crippen LogP contribution < -0.4 is 16.8 Å². The van der Waals surface area contributed by atoms with Crippen LogP contribution in [0.5, 0.6) is 0 Å². The molecule has 0 unspecified atom stereocenters. The number of para-hydroxylation sites is 1. The van der Waals surface area contributed by atoms with Crippen LogP contribution in [0.2, 0.25) is 0 Å². The molecule has 1 amide bonds. The number of hydrogen-bond donors (Lipinski definition) is 3. The van der Waals surface area contributed by atoms with Crippen molar-refractivity contribution in [2.45, 2.75) is 12.1 Å². The Hall–Kier alpha value is -1.91. The normalized spacial score (nSPS) is 15.6. The van der Waals surface area contributed by atoms with E-state index in [1.165, 1.54) is 0 Å². The third-order valence-electron chi connectivity index (χ3n) is 2.12. The van der Waals surface area contributed by atoms with Gasteiger partial charge in [-0.15, -0.1) is 0 Å². The maximum absolute atomic E-state index is 9.86. The molecule has 0 saturated carbocycles. The summed E-state index contributed by atoms with van der Waals surface area (Å²) in [6.07, 6.45) is 8.97. The molecule has 0 aromatic heterocycles. The van der Waals surface area contributed by atoms with E-state index in [2.05, 4.69) is 5.32 Å². The number of anilines is 1. The summed E-state index contributed by atoms with van der Waals surface area (Å²) in [5, 5.41) is 2.53. The number of benzene rings is 1. The fraction of sp³-hybridized carbons (Fsp3) is 0.154. The van der Waals surface area contributed by atoms with Crippen molar-refractivity contribution in [1.29, 1.82) is 0 Å². The van der Waals surface area contributed by atoms with Crippen LogP contribution in [0.3, 0.4) is 0 Å². The number of allylic oxidation sites excluding steroid dienone is 2. The van der Waals surface area contributed by atoms with Gasteiger partial charge in [0.05, 0.1) is 5.66 Å². The van der Waals surface area contributed by atoms with Gasteiger partial charge >= 0.3 is 0 Å². The molecule has 0 spiro atoms. The molecule has 1 aromatic rings. The number of rotatable bonds is 2. The predicted molar refractivity (Wildman–Crippen MR) is 70.1 cm³/mol. The molecular weight excluding hydrogens is 214 g/mol. The van der Waals surface area contributed by atoms with Gasteiger partial charge < -0.3 is 16.8 Å². The molecule has 0 radical (unpaired) electrons. The number of nitrogens with two attached hydrogens (primary N) is 2. The van der Waals surface area contributed by atoms with Crippen LogP contribution in [0.25, 0.3) is 0 Å². The van der Waals surface area contributed by atoms with Gasteiger partial charge in [0.25, 0.3) is 0 Å². The first kappa shape index (κ1) is 13.2. The van der Waals surface area contributed by atoms with E-state index in [1.807, 2.05) is 48.6 Å². The minimum atomic E-state index is -0.589. The predicted octanol–water partition coefficient (Wildman–Crippen LogP) is 1.37. The van der Waals surface area contributed by atoms with Gasteiger partial charge in [-0.1, -0.05) is 42.5 Å². The second-order valence-corrected chi connectivity index (χ2v) is 3.73. The molecule has 0 aliphatic heterocycles. The SMILES string of the molecule is NC1(N)C=CC=CC1.O=CNc1ccccc1. The maximum Gasteiger partial charge on any atom is 0.211 e. The summed E-state index contributed by atoms with van der Waals surface area (Å²) in [5.74, 6) is 0. The third kappa shape index (κ3) is 5.65. The Balaban J connectivity index is 0.000000171. The van der Waals surface area contributed by atoms with Crippen LogP contribution in [0.15, 0.2) is 54.6 Å². The maximum atomic E-state index is 9.86. The average Bonchev–Trinajstić information content (AvgIpc) is 2.31. The highest BCUT2D eigenvalue weighted by Crippen LogP contribution is 2.06. The lowest BCUT2D eigenvalue weighted by molar-refractivity contribution is -0.105. The lowest BCUT2D eigenvalue weighted by atomic mass is 10.0. The average molecular weight is 231 g/mol. The Morgan fingerprint density at radius 3 is 2.29 bits per heavy atom. The van der Waals surface area contributed by atoms with E-state index in [0.717, 1.165) is 12.1 Å². The van der Waals surface area contributed by atoms with Gasteiger partial charge in [0.15, 0.2) is 0 Å². The molecule has 4 nitrogen and oxygen atoms in total. The van der Waals surface area contributed by atoms with Gasteiger partial charge in [0, 0.05) is 12.1 Å². The van der Waals surface area contributed by atoms with E-state index < -0.39 is 5.66 Å². The highest BCUT2D eigenvalue weighted by molar-refractivity contribution is 5.70. The first-order valence-electron chi connectivity index (χ1n) is 5.31. The van der Waals surface area contributed by atoms with Crippen molar-refractivity contribution in [1.82, 2.24) is 0 Å². The molecule has 1 aliphatic carbocycles. The summed E-state index contributed by atoms with van der Waals surface area (Å²) in [7, 11) is 0. The molecule has 0 heterocycles. The van der Waals surface area contributed by atoms with Crippen molar-refractivity contribution >= 4 is 12.1 Å². The zero-order valence-electron chi connectivity index (χ0n) is 9.54. The smallest absolute Gasteiger partial charge is 0.211 e. The van der Waals surface area contributed by atoms with Crippen molar-refractivity contribution in [3.8, 4) is 0 Å². The highest BCUT2D eigenvalue weighted by Gasteiger charge is 2.12. The number of amides is 1. The minimum absolute atomic E-state index is 0.589. The van der Waals surface area contributed by atoms with Crippen LogP contribution >= 0.6 is 0 Å². The second kappa shape index (κ2) is 6.62. The van der Waals surface area contributed by atoms with Crippen LogP contribution in [-0.2, 0) is 4.79 Å². The summed E-state index contributed by atoms with van der Waals surface area (Å²) in [4.78, 5) is 9.86. The van der Waals surface area contributed by atoms with Gasteiger partial charge in [0.1, 0.15) is 0 Å². The third-order valence-corrected chi connectivity index (χ3v) is 2.12. The molecule has 17 heavy (non-hydrogen) atoms. The molecule has 0 bridgehead atoms. The first-order valence-corrected chi connectivity index (χ1v) is 5.31. The van der Waals surface area contributed by atoms with E-state index in [-0.39, 0.29) is 0 Å². The van der Waals surface area contributed by atoms with E-state index >= 15 is 0 Å². The Labute approximate surface area is 101 Å². The second-order valence-electron chi connectivity index (χ2n) is 3.73. The quantitative estimate of drug-likeness (QED) is 0.531. The summed E-state index contributed by atoms with van der Waals surface area (Å²) >= 11 is 0. The summed E-state index contributed by atoms with van der Waals surface area (Å²) in [6, 6.07) is 9.29.